The molecule has 0 aliphatic carbocycles. The van der Waals surface area contributed by atoms with E-state index in [0.717, 1.165) is 17.8 Å². The molecular formula is C13H13F3N4S. The molecule has 1 aromatic carbocycles. The van der Waals surface area contributed by atoms with Gasteiger partial charge in [0, 0.05) is 18.9 Å². The van der Waals surface area contributed by atoms with Crippen LogP contribution in [-0.2, 0) is 19.8 Å². The summed E-state index contributed by atoms with van der Waals surface area (Å²) in [5, 5.41) is 9.99. The Balaban J connectivity index is 1.93. The Morgan fingerprint density at radius 3 is 2.71 bits per heavy atom. The molecule has 2 N–H and O–H groups in total. The van der Waals surface area contributed by atoms with Crippen LogP contribution in [-0.4, -0.2) is 14.9 Å². The lowest BCUT2D eigenvalue weighted by Crippen LogP contribution is -2.28. The highest BCUT2D eigenvalue weighted by atomic mass is 32.1. The Morgan fingerprint density at radius 1 is 1.33 bits per heavy atom. The van der Waals surface area contributed by atoms with Crippen LogP contribution in [0.5, 0.6) is 0 Å². The molecule has 2 rings (SSSR count). The maximum absolute atomic E-state index is 12.6. The molecule has 1 aromatic heterocycles. The lowest BCUT2D eigenvalue weighted by atomic mass is 10.2. The van der Waals surface area contributed by atoms with E-state index < -0.39 is 11.7 Å². The van der Waals surface area contributed by atoms with Crippen molar-refractivity contribution < 1.29 is 13.2 Å². The van der Waals surface area contributed by atoms with Gasteiger partial charge < -0.3 is 10.6 Å². The molecule has 0 aliphatic heterocycles. The van der Waals surface area contributed by atoms with Crippen LogP contribution in [0.15, 0.2) is 36.5 Å². The van der Waals surface area contributed by atoms with E-state index in [1.165, 1.54) is 12.1 Å². The number of alkyl halides is 3. The third-order valence-corrected chi connectivity index (χ3v) is 2.89. The SMILES string of the molecule is Cn1ccc(CNC(=S)Nc2cccc(C(F)(F)F)c2)n1. The summed E-state index contributed by atoms with van der Waals surface area (Å²) in [4.78, 5) is 0. The van der Waals surface area contributed by atoms with Crippen molar-refractivity contribution in [2.45, 2.75) is 12.7 Å². The van der Waals surface area contributed by atoms with Crippen LogP contribution in [0.4, 0.5) is 18.9 Å². The Bertz CT molecular complexity index is 636. The van der Waals surface area contributed by atoms with Gasteiger partial charge in [0.25, 0.3) is 0 Å². The number of aryl methyl sites for hydroxylation is 1. The second-order valence-electron chi connectivity index (χ2n) is 4.37. The van der Waals surface area contributed by atoms with E-state index in [1.807, 2.05) is 6.07 Å². The van der Waals surface area contributed by atoms with Crippen LogP contribution in [0.3, 0.4) is 0 Å². The van der Waals surface area contributed by atoms with Crippen molar-refractivity contribution in [3.63, 3.8) is 0 Å². The molecule has 0 amide bonds. The molecule has 21 heavy (non-hydrogen) atoms. The van der Waals surface area contributed by atoms with Crippen LogP contribution in [0.25, 0.3) is 0 Å². The van der Waals surface area contributed by atoms with Gasteiger partial charge in [0.15, 0.2) is 5.11 Å². The number of benzene rings is 1. The molecule has 4 nitrogen and oxygen atoms in total. The van der Waals surface area contributed by atoms with Gasteiger partial charge in [-0.3, -0.25) is 4.68 Å². The molecule has 0 aliphatic rings. The number of thiocarbonyl (C=S) groups is 1. The van der Waals surface area contributed by atoms with Gasteiger partial charge in [0.1, 0.15) is 0 Å². The van der Waals surface area contributed by atoms with Crippen molar-refractivity contribution in [1.82, 2.24) is 15.1 Å². The van der Waals surface area contributed by atoms with Crippen LogP contribution in [0, 0.1) is 0 Å². The summed E-state index contributed by atoms with van der Waals surface area (Å²) >= 11 is 5.04. The number of rotatable bonds is 3. The summed E-state index contributed by atoms with van der Waals surface area (Å²) in [6, 6.07) is 6.68. The Morgan fingerprint density at radius 2 is 2.10 bits per heavy atom. The van der Waals surface area contributed by atoms with Crippen molar-refractivity contribution in [3.8, 4) is 0 Å². The smallest absolute Gasteiger partial charge is 0.357 e. The van der Waals surface area contributed by atoms with Crippen LogP contribution >= 0.6 is 12.2 Å². The maximum atomic E-state index is 12.6. The number of aromatic nitrogens is 2. The van der Waals surface area contributed by atoms with Gasteiger partial charge in [-0.1, -0.05) is 6.07 Å². The van der Waals surface area contributed by atoms with Crippen LogP contribution in [0.1, 0.15) is 11.3 Å². The number of halogens is 3. The normalized spacial score (nSPS) is 11.2. The topological polar surface area (TPSA) is 41.9 Å². The summed E-state index contributed by atoms with van der Waals surface area (Å²) in [5.41, 5.74) is 0.342. The zero-order valence-corrected chi connectivity index (χ0v) is 11.9. The molecule has 0 saturated heterocycles. The first-order valence-corrected chi connectivity index (χ1v) is 6.46. The van der Waals surface area contributed by atoms with Crippen molar-refractivity contribution in [3.05, 3.63) is 47.8 Å². The number of nitrogens with zero attached hydrogens (tertiary/aromatic N) is 2. The van der Waals surface area contributed by atoms with Gasteiger partial charge >= 0.3 is 6.18 Å². The molecular weight excluding hydrogens is 301 g/mol. The van der Waals surface area contributed by atoms with Gasteiger partial charge in [-0.15, -0.1) is 0 Å². The minimum absolute atomic E-state index is 0.236. The molecule has 0 saturated carbocycles. The molecule has 1 heterocycles. The lowest BCUT2D eigenvalue weighted by molar-refractivity contribution is -0.137. The lowest BCUT2D eigenvalue weighted by Gasteiger charge is -2.12. The molecule has 0 fully saturated rings. The fourth-order valence-corrected chi connectivity index (χ4v) is 1.87. The minimum Gasteiger partial charge on any atom is -0.357 e. The van der Waals surface area contributed by atoms with E-state index in [4.69, 9.17) is 12.2 Å². The largest absolute Gasteiger partial charge is 0.416 e. The van der Waals surface area contributed by atoms with E-state index in [9.17, 15) is 13.2 Å². The minimum atomic E-state index is -4.37. The van der Waals surface area contributed by atoms with Crippen molar-refractivity contribution >= 4 is 23.0 Å². The molecule has 0 spiro atoms. The highest BCUT2D eigenvalue weighted by Crippen LogP contribution is 2.30. The van der Waals surface area contributed by atoms with E-state index in [0.29, 0.717) is 6.54 Å². The molecule has 112 valence electrons. The van der Waals surface area contributed by atoms with Gasteiger partial charge in [-0.05, 0) is 36.5 Å². The predicted molar refractivity (Wildman–Crippen MR) is 77.7 cm³/mol. The second kappa shape index (κ2) is 6.13. The fourth-order valence-electron chi connectivity index (χ4n) is 1.68. The van der Waals surface area contributed by atoms with Gasteiger partial charge in [0.05, 0.1) is 17.8 Å². The molecule has 8 heteroatoms. The quantitative estimate of drug-likeness (QED) is 0.855. The summed E-state index contributed by atoms with van der Waals surface area (Å²) < 4.78 is 39.4. The summed E-state index contributed by atoms with van der Waals surface area (Å²) in [7, 11) is 1.79. The van der Waals surface area contributed by atoms with Crippen LogP contribution in [0.2, 0.25) is 0 Å². The molecule has 0 unspecified atom stereocenters. The predicted octanol–water partition coefficient (Wildman–Crippen LogP) is 2.93. The Kier molecular flexibility index (Phi) is 4.46. The standard InChI is InChI=1S/C13H13F3N4S/c1-20-6-5-11(19-20)8-17-12(21)18-10-4-2-3-9(7-10)13(14,15)16/h2-7H,8H2,1H3,(H2,17,18,21). The van der Waals surface area contributed by atoms with Crippen LogP contribution < -0.4 is 10.6 Å². The van der Waals surface area contributed by atoms with E-state index >= 15 is 0 Å². The zero-order valence-electron chi connectivity index (χ0n) is 11.1. The first-order valence-electron chi connectivity index (χ1n) is 6.05. The monoisotopic (exact) mass is 314 g/mol. The summed E-state index contributed by atoms with van der Waals surface area (Å²) in [6.07, 6.45) is -2.58. The van der Waals surface area contributed by atoms with Gasteiger partial charge in [-0.25, -0.2) is 0 Å². The highest BCUT2D eigenvalue weighted by molar-refractivity contribution is 7.80. The van der Waals surface area contributed by atoms with E-state index in [2.05, 4.69) is 15.7 Å². The Labute approximate surface area is 125 Å². The Hall–Kier alpha value is -2.09. The number of nitrogens with one attached hydrogen (secondary N) is 2. The molecule has 0 atom stereocenters. The molecule has 0 bridgehead atoms. The third-order valence-electron chi connectivity index (χ3n) is 2.65. The van der Waals surface area contributed by atoms with Crippen molar-refractivity contribution in [1.29, 1.82) is 0 Å². The first kappa shape index (κ1) is 15.3. The third kappa shape index (κ3) is 4.45. The van der Waals surface area contributed by atoms with E-state index in [-0.39, 0.29) is 10.8 Å². The number of hydrogen-bond donors (Lipinski definition) is 2. The van der Waals surface area contributed by atoms with E-state index in [1.54, 1.807) is 17.9 Å². The molecule has 0 radical (unpaired) electrons. The van der Waals surface area contributed by atoms with Gasteiger partial charge in [-0.2, -0.15) is 18.3 Å². The van der Waals surface area contributed by atoms with Crippen molar-refractivity contribution in [2.24, 2.45) is 7.05 Å². The zero-order chi connectivity index (χ0) is 15.5. The average Bonchev–Trinajstić information content (AvgIpc) is 2.82. The van der Waals surface area contributed by atoms with Crippen molar-refractivity contribution in [2.75, 3.05) is 5.32 Å². The second-order valence-corrected chi connectivity index (χ2v) is 4.78. The van der Waals surface area contributed by atoms with Gasteiger partial charge in [0.2, 0.25) is 0 Å². The average molecular weight is 314 g/mol. The summed E-state index contributed by atoms with van der Waals surface area (Å²) in [6.45, 7) is 0.394. The number of anilines is 1. The number of hydrogen-bond acceptors (Lipinski definition) is 2. The first-order chi connectivity index (χ1) is 9.84. The summed E-state index contributed by atoms with van der Waals surface area (Å²) in [5.74, 6) is 0. The molecule has 2 aromatic rings. The maximum Gasteiger partial charge on any atom is 0.416 e. The highest BCUT2D eigenvalue weighted by Gasteiger charge is 2.30. The fraction of sp³-hybridized carbons (Fsp3) is 0.231.